The summed E-state index contributed by atoms with van der Waals surface area (Å²) in [7, 11) is 3.01. The van der Waals surface area contributed by atoms with Gasteiger partial charge in [-0.1, -0.05) is 0 Å². The minimum absolute atomic E-state index is 0.358. The highest BCUT2D eigenvalue weighted by molar-refractivity contribution is 9.10. The molecule has 0 aromatic heterocycles. The summed E-state index contributed by atoms with van der Waals surface area (Å²) in [4.78, 5) is 10.9. The number of hydrogen-bond donors (Lipinski definition) is 0. The van der Waals surface area contributed by atoms with Crippen molar-refractivity contribution >= 4 is 32.8 Å². The van der Waals surface area contributed by atoms with Gasteiger partial charge in [0.05, 0.1) is 18.7 Å². The maximum absolute atomic E-state index is 10.9. The summed E-state index contributed by atoms with van der Waals surface area (Å²) in [6.45, 7) is 0. The molecule has 5 heteroatoms. The van der Waals surface area contributed by atoms with E-state index >= 15 is 0 Å². The first-order valence-corrected chi connectivity index (χ1v) is 4.88. The first-order valence-electron chi connectivity index (χ1n) is 3.71. The summed E-state index contributed by atoms with van der Waals surface area (Å²) in [6, 6.07) is 3.11. The van der Waals surface area contributed by atoms with Gasteiger partial charge in [-0.3, -0.25) is 4.79 Å². The average Bonchev–Trinajstić information content (AvgIpc) is 2.16. The predicted octanol–water partition coefficient (Wildman–Crippen LogP) is 2.85. The highest BCUT2D eigenvalue weighted by Crippen LogP contribution is 2.36. The van der Waals surface area contributed by atoms with E-state index in [-0.39, 0.29) is 0 Å². The molecule has 0 amide bonds. The molecule has 1 aromatic rings. The standard InChI is InChI=1S/C9H8BrClO3/c1-13-7-4-5(9(11)12)3-6(10)8(7)14-2/h3-4H,1-2H3. The molecule has 0 saturated carbocycles. The number of carbonyl (C=O) groups excluding carboxylic acids is 1. The quantitative estimate of drug-likeness (QED) is 0.798. The molecule has 0 unspecified atom stereocenters. The lowest BCUT2D eigenvalue weighted by Crippen LogP contribution is -1.96. The van der Waals surface area contributed by atoms with E-state index < -0.39 is 5.24 Å². The van der Waals surface area contributed by atoms with Gasteiger partial charge < -0.3 is 9.47 Å². The first kappa shape index (κ1) is 11.3. The van der Waals surface area contributed by atoms with E-state index in [1.54, 1.807) is 6.07 Å². The number of methoxy groups -OCH3 is 2. The van der Waals surface area contributed by atoms with Gasteiger partial charge in [0, 0.05) is 5.56 Å². The van der Waals surface area contributed by atoms with Crippen LogP contribution in [-0.4, -0.2) is 19.5 Å². The van der Waals surface area contributed by atoms with Crippen molar-refractivity contribution in [3.05, 3.63) is 22.2 Å². The summed E-state index contributed by atoms with van der Waals surface area (Å²) >= 11 is 8.59. The van der Waals surface area contributed by atoms with Crippen LogP contribution in [-0.2, 0) is 0 Å². The SMILES string of the molecule is COc1cc(C(=O)Cl)cc(Br)c1OC. The van der Waals surface area contributed by atoms with E-state index in [1.807, 2.05) is 0 Å². The Hall–Kier alpha value is -0.740. The second kappa shape index (κ2) is 4.66. The molecular weight excluding hydrogens is 271 g/mol. The summed E-state index contributed by atoms with van der Waals surface area (Å²) in [5.74, 6) is 1.00. The van der Waals surface area contributed by atoms with Gasteiger partial charge in [-0.15, -0.1) is 0 Å². The number of benzene rings is 1. The topological polar surface area (TPSA) is 35.5 Å². The molecule has 3 nitrogen and oxygen atoms in total. The molecule has 14 heavy (non-hydrogen) atoms. The molecule has 0 bridgehead atoms. The van der Waals surface area contributed by atoms with Crippen molar-refractivity contribution in [1.82, 2.24) is 0 Å². The van der Waals surface area contributed by atoms with Crippen LogP contribution in [0.1, 0.15) is 10.4 Å². The Morgan fingerprint density at radius 3 is 2.43 bits per heavy atom. The molecule has 1 aromatic carbocycles. The van der Waals surface area contributed by atoms with Crippen molar-refractivity contribution in [1.29, 1.82) is 0 Å². The van der Waals surface area contributed by atoms with Crippen LogP contribution in [0.4, 0.5) is 0 Å². The third-order valence-electron chi connectivity index (χ3n) is 1.66. The lowest BCUT2D eigenvalue weighted by Gasteiger charge is -2.10. The molecule has 0 atom stereocenters. The highest BCUT2D eigenvalue weighted by Gasteiger charge is 2.13. The van der Waals surface area contributed by atoms with Crippen LogP contribution in [0.25, 0.3) is 0 Å². The maximum Gasteiger partial charge on any atom is 0.252 e. The Morgan fingerprint density at radius 1 is 1.36 bits per heavy atom. The largest absolute Gasteiger partial charge is 0.493 e. The molecule has 0 aliphatic carbocycles. The Balaban J connectivity index is 3.31. The summed E-state index contributed by atoms with van der Waals surface area (Å²) in [5.41, 5.74) is 0.358. The Bertz CT molecular complexity index is 365. The van der Waals surface area contributed by atoms with Gasteiger partial charge >= 0.3 is 0 Å². The molecule has 0 radical (unpaired) electrons. The van der Waals surface area contributed by atoms with Crippen LogP contribution >= 0.6 is 27.5 Å². The van der Waals surface area contributed by atoms with Gasteiger partial charge in [-0.2, -0.15) is 0 Å². The minimum Gasteiger partial charge on any atom is -0.493 e. The summed E-state index contributed by atoms with van der Waals surface area (Å²) < 4.78 is 10.7. The molecule has 0 aliphatic rings. The molecule has 0 spiro atoms. The number of rotatable bonds is 3. The van der Waals surface area contributed by atoms with E-state index in [1.165, 1.54) is 20.3 Å². The fourth-order valence-electron chi connectivity index (χ4n) is 1.03. The number of halogens is 2. The van der Waals surface area contributed by atoms with Crippen molar-refractivity contribution in [2.24, 2.45) is 0 Å². The molecule has 1 rings (SSSR count). The number of ether oxygens (including phenoxy) is 2. The van der Waals surface area contributed by atoms with Gasteiger partial charge in [-0.05, 0) is 39.7 Å². The Kier molecular flexibility index (Phi) is 3.77. The molecule has 0 heterocycles. The van der Waals surface area contributed by atoms with Crippen LogP contribution in [0.5, 0.6) is 11.5 Å². The van der Waals surface area contributed by atoms with Crippen LogP contribution < -0.4 is 9.47 Å². The third-order valence-corrected chi connectivity index (χ3v) is 2.47. The number of carbonyl (C=O) groups is 1. The van der Waals surface area contributed by atoms with Crippen molar-refractivity contribution in [3.8, 4) is 11.5 Å². The second-order valence-corrected chi connectivity index (χ2v) is 3.66. The normalized spacial score (nSPS) is 9.71. The van der Waals surface area contributed by atoms with Gasteiger partial charge in [0.1, 0.15) is 0 Å². The molecule has 0 fully saturated rings. The number of hydrogen-bond acceptors (Lipinski definition) is 3. The molecular formula is C9H8BrClO3. The summed E-state index contributed by atoms with van der Waals surface area (Å²) in [6.07, 6.45) is 0. The maximum atomic E-state index is 10.9. The molecule has 0 saturated heterocycles. The second-order valence-electron chi connectivity index (χ2n) is 2.47. The van der Waals surface area contributed by atoms with Crippen molar-refractivity contribution in [3.63, 3.8) is 0 Å². The zero-order valence-corrected chi connectivity index (χ0v) is 9.98. The smallest absolute Gasteiger partial charge is 0.252 e. The van der Waals surface area contributed by atoms with E-state index in [4.69, 9.17) is 21.1 Å². The predicted molar refractivity (Wildman–Crippen MR) is 57.4 cm³/mol. The fourth-order valence-corrected chi connectivity index (χ4v) is 1.74. The van der Waals surface area contributed by atoms with E-state index in [0.717, 1.165) is 0 Å². The fraction of sp³-hybridized carbons (Fsp3) is 0.222. The average molecular weight is 280 g/mol. The zero-order chi connectivity index (χ0) is 10.7. The van der Waals surface area contributed by atoms with Gasteiger partial charge in [0.2, 0.25) is 0 Å². The van der Waals surface area contributed by atoms with Crippen LogP contribution in [0, 0.1) is 0 Å². The lowest BCUT2D eigenvalue weighted by molar-refractivity contribution is 0.108. The van der Waals surface area contributed by atoms with Gasteiger partial charge in [0.15, 0.2) is 11.5 Å². The van der Waals surface area contributed by atoms with Crippen molar-refractivity contribution in [2.75, 3.05) is 14.2 Å². The first-order chi connectivity index (χ1) is 6.60. The van der Waals surface area contributed by atoms with E-state index in [9.17, 15) is 4.79 Å². The molecule has 0 aliphatic heterocycles. The van der Waals surface area contributed by atoms with Crippen LogP contribution in [0.2, 0.25) is 0 Å². The van der Waals surface area contributed by atoms with E-state index in [0.29, 0.717) is 21.5 Å². The molecule has 0 N–H and O–H groups in total. The van der Waals surface area contributed by atoms with Crippen LogP contribution in [0.15, 0.2) is 16.6 Å². The lowest BCUT2D eigenvalue weighted by atomic mass is 10.2. The van der Waals surface area contributed by atoms with Crippen molar-refractivity contribution in [2.45, 2.75) is 0 Å². The molecule has 76 valence electrons. The third kappa shape index (κ3) is 2.19. The van der Waals surface area contributed by atoms with Gasteiger partial charge in [-0.25, -0.2) is 0 Å². The monoisotopic (exact) mass is 278 g/mol. The zero-order valence-electron chi connectivity index (χ0n) is 7.64. The highest BCUT2D eigenvalue weighted by atomic mass is 79.9. The van der Waals surface area contributed by atoms with Crippen LogP contribution in [0.3, 0.4) is 0 Å². The minimum atomic E-state index is -0.536. The summed E-state index contributed by atoms with van der Waals surface area (Å²) in [5, 5.41) is -0.536. The Labute approximate surface area is 95.1 Å². The Morgan fingerprint density at radius 2 is 2.00 bits per heavy atom. The van der Waals surface area contributed by atoms with Crippen molar-refractivity contribution < 1.29 is 14.3 Å². The van der Waals surface area contributed by atoms with E-state index in [2.05, 4.69) is 15.9 Å². The van der Waals surface area contributed by atoms with Gasteiger partial charge in [0.25, 0.3) is 5.24 Å².